The second kappa shape index (κ2) is 5.37. The van der Waals surface area contributed by atoms with Gasteiger partial charge in [-0.05, 0) is 24.7 Å². The van der Waals surface area contributed by atoms with Crippen LogP contribution in [0.25, 0.3) is 11.1 Å². The smallest absolute Gasteiger partial charge is 0.408 e. The van der Waals surface area contributed by atoms with Crippen LogP contribution in [0.15, 0.2) is 27.4 Å². The summed E-state index contributed by atoms with van der Waals surface area (Å²) >= 11 is 0. The van der Waals surface area contributed by atoms with Crippen LogP contribution in [0.3, 0.4) is 0 Å². The van der Waals surface area contributed by atoms with E-state index in [1.165, 1.54) is 0 Å². The lowest BCUT2D eigenvalue weighted by molar-refractivity contribution is 0.490. The lowest BCUT2D eigenvalue weighted by Crippen LogP contribution is -2.33. The first-order chi connectivity index (χ1) is 8.60. The Hall–Kier alpha value is -1.59. The molecule has 0 saturated carbocycles. The van der Waals surface area contributed by atoms with Crippen LogP contribution >= 0.6 is 0 Å². The number of oxazole rings is 1. The number of rotatable bonds is 5. The summed E-state index contributed by atoms with van der Waals surface area (Å²) in [5.74, 6) is -0.413. The first-order valence-electron chi connectivity index (χ1n) is 6.13. The van der Waals surface area contributed by atoms with Crippen molar-refractivity contribution >= 4 is 11.1 Å². The highest BCUT2D eigenvalue weighted by Crippen LogP contribution is 2.18. The van der Waals surface area contributed by atoms with Crippen molar-refractivity contribution in [3.8, 4) is 0 Å². The average molecular weight is 249 g/mol. The van der Waals surface area contributed by atoms with E-state index < -0.39 is 5.76 Å². The summed E-state index contributed by atoms with van der Waals surface area (Å²) in [6, 6.07) is 6.40. The van der Waals surface area contributed by atoms with Gasteiger partial charge in [0, 0.05) is 18.6 Å². The van der Waals surface area contributed by atoms with Crippen molar-refractivity contribution in [2.45, 2.75) is 25.9 Å². The lowest BCUT2D eigenvalue weighted by atomic mass is 10.1. The summed E-state index contributed by atoms with van der Waals surface area (Å²) in [5.41, 5.74) is 2.43. The fourth-order valence-electron chi connectivity index (χ4n) is 1.92. The predicted molar refractivity (Wildman–Crippen MR) is 71.8 cm³/mol. The number of likely N-dealkylation sites (N-methyl/N-ethyl adjacent to an activating group) is 1. The van der Waals surface area contributed by atoms with Gasteiger partial charge in [0.2, 0.25) is 0 Å². The molecular weight excluding hydrogens is 230 g/mol. The molecule has 0 bridgehead atoms. The third-order valence-corrected chi connectivity index (χ3v) is 2.93. The van der Waals surface area contributed by atoms with Crippen LogP contribution < -0.4 is 16.4 Å². The normalized spacial score (nSPS) is 13.3. The zero-order valence-electron chi connectivity index (χ0n) is 10.9. The summed E-state index contributed by atoms with van der Waals surface area (Å²) in [6.45, 7) is 5.05. The van der Waals surface area contributed by atoms with Gasteiger partial charge in [-0.1, -0.05) is 19.9 Å². The Morgan fingerprint density at radius 3 is 2.83 bits per heavy atom. The number of nitrogens with one attached hydrogen (secondary N) is 3. The van der Waals surface area contributed by atoms with Crippen LogP contribution in [-0.4, -0.2) is 24.6 Å². The van der Waals surface area contributed by atoms with Crippen LogP contribution in [-0.2, 0) is 0 Å². The molecule has 2 rings (SSSR count). The largest absolute Gasteiger partial charge is 0.417 e. The monoisotopic (exact) mass is 249 g/mol. The minimum atomic E-state index is -0.413. The molecule has 0 spiro atoms. The summed E-state index contributed by atoms with van der Waals surface area (Å²) < 4.78 is 5.07. The maximum Gasteiger partial charge on any atom is 0.417 e. The van der Waals surface area contributed by atoms with Crippen molar-refractivity contribution in [2.24, 2.45) is 0 Å². The van der Waals surface area contributed by atoms with Crippen molar-refractivity contribution in [1.82, 2.24) is 15.6 Å². The van der Waals surface area contributed by atoms with Crippen molar-refractivity contribution in [3.05, 3.63) is 34.3 Å². The molecule has 0 amide bonds. The van der Waals surface area contributed by atoms with E-state index in [0.29, 0.717) is 11.6 Å². The fourth-order valence-corrected chi connectivity index (χ4v) is 1.92. The summed E-state index contributed by atoms with van der Waals surface area (Å²) in [6.07, 6.45) is 0. The summed E-state index contributed by atoms with van der Waals surface area (Å²) in [5, 5.41) is 6.64. The Balaban J connectivity index is 2.24. The van der Waals surface area contributed by atoms with Crippen molar-refractivity contribution < 1.29 is 4.42 Å². The molecule has 0 aliphatic carbocycles. The van der Waals surface area contributed by atoms with E-state index in [4.69, 9.17) is 4.42 Å². The zero-order valence-corrected chi connectivity index (χ0v) is 10.9. The van der Waals surface area contributed by atoms with E-state index in [1.807, 2.05) is 25.2 Å². The van der Waals surface area contributed by atoms with Gasteiger partial charge in [-0.3, -0.25) is 4.98 Å². The van der Waals surface area contributed by atoms with E-state index in [9.17, 15) is 4.79 Å². The number of H-pyrrole nitrogens is 1. The number of aromatic nitrogens is 1. The lowest BCUT2D eigenvalue weighted by Gasteiger charge is -2.19. The minimum Gasteiger partial charge on any atom is -0.408 e. The molecular formula is C13H19N3O2. The molecule has 98 valence electrons. The molecule has 1 unspecified atom stereocenters. The average Bonchev–Trinajstić information content (AvgIpc) is 2.68. The van der Waals surface area contributed by atoms with Crippen LogP contribution in [0.1, 0.15) is 25.5 Å². The third-order valence-electron chi connectivity index (χ3n) is 2.93. The van der Waals surface area contributed by atoms with Gasteiger partial charge in [0.25, 0.3) is 0 Å². The van der Waals surface area contributed by atoms with Gasteiger partial charge < -0.3 is 15.1 Å². The van der Waals surface area contributed by atoms with Gasteiger partial charge in [-0.25, -0.2) is 4.79 Å². The van der Waals surface area contributed by atoms with Gasteiger partial charge in [0.15, 0.2) is 5.58 Å². The van der Waals surface area contributed by atoms with Crippen LogP contribution in [0, 0.1) is 0 Å². The Bertz CT molecular complexity index is 571. The molecule has 3 N–H and O–H groups in total. The van der Waals surface area contributed by atoms with Gasteiger partial charge in [0.05, 0.1) is 5.52 Å². The number of benzene rings is 1. The van der Waals surface area contributed by atoms with Gasteiger partial charge in [-0.15, -0.1) is 0 Å². The molecule has 1 aromatic carbocycles. The quantitative estimate of drug-likeness (QED) is 0.748. The molecule has 0 aliphatic heterocycles. The molecule has 0 saturated heterocycles. The summed E-state index contributed by atoms with van der Waals surface area (Å²) in [7, 11) is 1.92. The molecule has 1 aromatic heterocycles. The van der Waals surface area contributed by atoms with E-state index in [0.717, 1.165) is 17.6 Å². The maximum atomic E-state index is 11.1. The number of hydrogen-bond donors (Lipinski definition) is 3. The molecule has 5 nitrogen and oxygen atoms in total. The van der Waals surface area contributed by atoms with Crippen molar-refractivity contribution in [3.63, 3.8) is 0 Å². The second-order valence-corrected chi connectivity index (χ2v) is 4.67. The Morgan fingerprint density at radius 2 is 2.17 bits per heavy atom. The highest BCUT2D eigenvalue weighted by molar-refractivity contribution is 5.72. The SMILES string of the molecule is CNC(CNC(C)C)c1ccc2[nH]c(=O)oc2c1. The highest BCUT2D eigenvalue weighted by atomic mass is 16.4. The first-order valence-corrected chi connectivity index (χ1v) is 6.13. The minimum absolute atomic E-state index is 0.192. The predicted octanol–water partition coefficient (Wildman–Crippen LogP) is 1.38. The van der Waals surface area contributed by atoms with Crippen molar-refractivity contribution in [2.75, 3.05) is 13.6 Å². The van der Waals surface area contributed by atoms with E-state index in [1.54, 1.807) is 0 Å². The van der Waals surface area contributed by atoms with E-state index >= 15 is 0 Å². The van der Waals surface area contributed by atoms with Gasteiger partial charge in [-0.2, -0.15) is 0 Å². The molecule has 1 atom stereocenters. The number of hydrogen-bond acceptors (Lipinski definition) is 4. The molecule has 0 aliphatic rings. The highest BCUT2D eigenvalue weighted by Gasteiger charge is 2.11. The van der Waals surface area contributed by atoms with Crippen LogP contribution in [0.2, 0.25) is 0 Å². The van der Waals surface area contributed by atoms with Crippen molar-refractivity contribution in [1.29, 1.82) is 0 Å². The Labute approximate surface area is 106 Å². The Morgan fingerprint density at radius 1 is 1.39 bits per heavy atom. The third kappa shape index (κ3) is 2.80. The molecule has 2 aromatic rings. The second-order valence-electron chi connectivity index (χ2n) is 4.67. The van der Waals surface area contributed by atoms with Crippen LogP contribution in [0.4, 0.5) is 0 Å². The molecule has 1 heterocycles. The van der Waals surface area contributed by atoms with E-state index in [2.05, 4.69) is 29.5 Å². The molecule has 0 fully saturated rings. The fraction of sp³-hybridized carbons (Fsp3) is 0.462. The maximum absolute atomic E-state index is 11.1. The summed E-state index contributed by atoms with van der Waals surface area (Å²) in [4.78, 5) is 13.7. The standard InChI is InChI=1S/C13H19N3O2/c1-8(2)15-7-11(14-3)9-4-5-10-12(6-9)18-13(17)16-10/h4-6,8,11,14-15H,7H2,1-3H3,(H,16,17). The van der Waals surface area contributed by atoms with E-state index in [-0.39, 0.29) is 6.04 Å². The number of fused-ring (bicyclic) bond motifs is 1. The van der Waals surface area contributed by atoms with Gasteiger partial charge >= 0.3 is 5.76 Å². The molecule has 0 radical (unpaired) electrons. The Kier molecular flexibility index (Phi) is 3.84. The topological polar surface area (TPSA) is 70.1 Å². The molecule has 18 heavy (non-hydrogen) atoms. The molecule has 5 heteroatoms. The van der Waals surface area contributed by atoms with Gasteiger partial charge in [0.1, 0.15) is 0 Å². The zero-order chi connectivity index (χ0) is 13.1. The number of aromatic amines is 1. The van der Waals surface area contributed by atoms with Crippen LogP contribution in [0.5, 0.6) is 0 Å². The first kappa shape index (κ1) is 12.9.